The van der Waals surface area contributed by atoms with Gasteiger partial charge in [-0.05, 0) is 25.0 Å². The Labute approximate surface area is 128 Å². The van der Waals surface area contributed by atoms with Gasteiger partial charge in [0.2, 0.25) is 11.8 Å². The van der Waals surface area contributed by atoms with Crippen molar-refractivity contribution >= 4 is 23.6 Å². The molecule has 3 amide bonds. The number of nitrogens with one attached hydrogen (secondary N) is 2. The lowest BCUT2D eigenvalue weighted by Gasteiger charge is -2.24. The number of carbonyl (C=O) groups is 3. The number of anilines is 1. The van der Waals surface area contributed by atoms with Gasteiger partial charge in [-0.2, -0.15) is 0 Å². The molecule has 7 nitrogen and oxygen atoms in total. The molecule has 0 aliphatic carbocycles. The first-order chi connectivity index (χ1) is 10.6. The van der Waals surface area contributed by atoms with Crippen molar-refractivity contribution in [3.63, 3.8) is 0 Å². The second kappa shape index (κ2) is 7.44. The van der Waals surface area contributed by atoms with Crippen molar-refractivity contribution in [1.29, 1.82) is 0 Å². The molecule has 7 heteroatoms. The van der Waals surface area contributed by atoms with Crippen LogP contribution in [0.15, 0.2) is 30.3 Å². The normalized spacial score (nSPS) is 17.0. The molecule has 0 unspecified atom stereocenters. The number of rotatable bonds is 4. The van der Waals surface area contributed by atoms with Crippen LogP contribution >= 0.6 is 0 Å². The first kappa shape index (κ1) is 15.8. The van der Waals surface area contributed by atoms with Crippen molar-refractivity contribution < 1.29 is 19.1 Å². The third-order valence-electron chi connectivity index (χ3n) is 3.49. The Morgan fingerprint density at radius 2 is 2.00 bits per heavy atom. The fourth-order valence-corrected chi connectivity index (χ4v) is 2.41. The summed E-state index contributed by atoms with van der Waals surface area (Å²) in [4.78, 5) is 36.9. The minimum atomic E-state index is -0.669. The predicted molar refractivity (Wildman–Crippen MR) is 80.2 cm³/mol. The van der Waals surface area contributed by atoms with E-state index in [9.17, 15) is 14.4 Å². The molecule has 0 aromatic heterocycles. The van der Waals surface area contributed by atoms with E-state index in [1.165, 1.54) is 12.0 Å². The SMILES string of the molecule is COC(=O)NCC(=O)N1CCC[C@H]1C(=O)Nc1ccccc1. The summed E-state index contributed by atoms with van der Waals surface area (Å²) in [6, 6.07) is 8.59. The molecule has 2 N–H and O–H groups in total. The summed E-state index contributed by atoms with van der Waals surface area (Å²) in [5, 5.41) is 5.13. The fourth-order valence-electron chi connectivity index (χ4n) is 2.41. The van der Waals surface area contributed by atoms with Gasteiger partial charge in [-0.3, -0.25) is 9.59 Å². The first-order valence-corrected chi connectivity index (χ1v) is 7.09. The van der Waals surface area contributed by atoms with E-state index >= 15 is 0 Å². The molecule has 1 aromatic rings. The summed E-state index contributed by atoms with van der Waals surface area (Å²) in [6.07, 6.45) is 0.706. The van der Waals surface area contributed by atoms with E-state index in [1.807, 2.05) is 18.2 Å². The zero-order valence-corrected chi connectivity index (χ0v) is 12.4. The Kier molecular flexibility index (Phi) is 5.35. The number of hydrogen-bond acceptors (Lipinski definition) is 4. The summed E-state index contributed by atoms with van der Waals surface area (Å²) < 4.78 is 4.42. The Hall–Kier alpha value is -2.57. The molecule has 1 atom stereocenters. The van der Waals surface area contributed by atoms with Crippen LogP contribution in [0.4, 0.5) is 10.5 Å². The van der Waals surface area contributed by atoms with Crippen molar-refractivity contribution in [2.24, 2.45) is 0 Å². The van der Waals surface area contributed by atoms with Gasteiger partial charge < -0.3 is 20.3 Å². The Balaban J connectivity index is 1.93. The minimum Gasteiger partial charge on any atom is -0.453 e. The predicted octanol–water partition coefficient (Wildman–Crippen LogP) is 0.972. The topological polar surface area (TPSA) is 87.7 Å². The van der Waals surface area contributed by atoms with Crippen LogP contribution in [-0.4, -0.2) is 49.0 Å². The van der Waals surface area contributed by atoms with Crippen LogP contribution in [0.1, 0.15) is 12.8 Å². The third kappa shape index (κ3) is 3.97. The Bertz CT molecular complexity index is 547. The monoisotopic (exact) mass is 305 g/mol. The summed E-state index contributed by atoms with van der Waals surface area (Å²) in [5.41, 5.74) is 0.694. The lowest BCUT2D eigenvalue weighted by Crippen LogP contribution is -2.47. The number of para-hydroxylation sites is 1. The molecular weight excluding hydrogens is 286 g/mol. The van der Waals surface area contributed by atoms with E-state index in [-0.39, 0.29) is 18.4 Å². The molecule has 118 valence electrons. The van der Waals surface area contributed by atoms with E-state index in [4.69, 9.17) is 0 Å². The number of nitrogens with zero attached hydrogens (tertiary/aromatic N) is 1. The lowest BCUT2D eigenvalue weighted by molar-refractivity contribution is -0.135. The van der Waals surface area contributed by atoms with Crippen LogP contribution in [0.2, 0.25) is 0 Å². The van der Waals surface area contributed by atoms with Gasteiger partial charge >= 0.3 is 6.09 Å². The van der Waals surface area contributed by atoms with Gasteiger partial charge in [-0.15, -0.1) is 0 Å². The average Bonchev–Trinajstić information content (AvgIpc) is 3.03. The summed E-state index contributed by atoms with van der Waals surface area (Å²) in [6.45, 7) is 0.330. The maximum Gasteiger partial charge on any atom is 0.407 e. The van der Waals surface area contributed by atoms with Gasteiger partial charge in [0.25, 0.3) is 0 Å². The van der Waals surface area contributed by atoms with Gasteiger partial charge in [0.15, 0.2) is 0 Å². The minimum absolute atomic E-state index is 0.179. The molecule has 0 spiro atoms. The van der Waals surface area contributed by atoms with Crippen molar-refractivity contribution in [3.8, 4) is 0 Å². The van der Waals surface area contributed by atoms with E-state index in [0.29, 0.717) is 18.7 Å². The van der Waals surface area contributed by atoms with E-state index < -0.39 is 12.1 Å². The second-order valence-corrected chi connectivity index (χ2v) is 4.95. The molecule has 1 aliphatic heterocycles. The fraction of sp³-hybridized carbons (Fsp3) is 0.400. The molecule has 1 aromatic carbocycles. The number of methoxy groups -OCH3 is 1. The zero-order chi connectivity index (χ0) is 15.9. The third-order valence-corrected chi connectivity index (χ3v) is 3.49. The van der Waals surface area contributed by atoms with Crippen LogP contribution in [0.3, 0.4) is 0 Å². The highest BCUT2D eigenvalue weighted by molar-refractivity contribution is 5.98. The standard InChI is InChI=1S/C15H19N3O4/c1-22-15(21)16-10-13(19)18-9-5-8-12(18)14(20)17-11-6-3-2-4-7-11/h2-4,6-7,12H,5,8-10H2,1H3,(H,16,21)(H,17,20)/t12-/m0/s1. The van der Waals surface area contributed by atoms with Crippen LogP contribution in [0.5, 0.6) is 0 Å². The molecule has 22 heavy (non-hydrogen) atoms. The van der Waals surface area contributed by atoms with Crippen LogP contribution in [0.25, 0.3) is 0 Å². The largest absolute Gasteiger partial charge is 0.453 e. The highest BCUT2D eigenvalue weighted by atomic mass is 16.5. The second-order valence-electron chi connectivity index (χ2n) is 4.95. The van der Waals surface area contributed by atoms with Gasteiger partial charge in [-0.25, -0.2) is 4.79 Å². The van der Waals surface area contributed by atoms with Crippen LogP contribution in [-0.2, 0) is 14.3 Å². The Morgan fingerprint density at radius 3 is 2.68 bits per heavy atom. The number of likely N-dealkylation sites (tertiary alicyclic amines) is 1. The van der Waals surface area contributed by atoms with Gasteiger partial charge in [0.05, 0.1) is 7.11 Å². The van der Waals surface area contributed by atoms with Gasteiger partial charge in [0, 0.05) is 12.2 Å². The molecule has 0 saturated carbocycles. The van der Waals surface area contributed by atoms with Crippen molar-refractivity contribution in [2.75, 3.05) is 25.5 Å². The smallest absolute Gasteiger partial charge is 0.407 e. The number of ether oxygens (including phenoxy) is 1. The number of amides is 3. The summed E-state index contributed by atoms with van der Waals surface area (Å²) in [5.74, 6) is -0.508. The first-order valence-electron chi connectivity index (χ1n) is 7.09. The van der Waals surface area contributed by atoms with Gasteiger partial charge in [0.1, 0.15) is 12.6 Å². The quantitative estimate of drug-likeness (QED) is 0.867. The van der Waals surface area contributed by atoms with Crippen LogP contribution < -0.4 is 10.6 Å². The number of hydrogen-bond donors (Lipinski definition) is 2. The van der Waals surface area contributed by atoms with Gasteiger partial charge in [-0.1, -0.05) is 18.2 Å². The molecule has 1 aliphatic rings. The van der Waals surface area contributed by atoms with Crippen molar-refractivity contribution in [3.05, 3.63) is 30.3 Å². The molecule has 1 heterocycles. The molecule has 0 radical (unpaired) electrons. The van der Waals surface area contributed by atoms with Crippen molar-refractivity contribution in [1.82, 2.24) is 10.2 Å². The maximum absolute atomic E-state index is 12.3. The molecular formula is C15H19N3O4. The number of alkyl carbamates (subject to hydrolysis) is 1. The molecule has 2 rings (SSSR count). The summed E-state index contributed by atoms with van der Waals surface area (Å²) >= 11 is 0. The lowest BCUT2D eigenvalue weighted by atomic mass is 10.2. The number of benzene rings is 1. The summed E-state index contributed by atoms with van der Waals surface area (Å²) in [7, 11) is 1.23. The zero-order valence-electron chi connectivity index (χ0n) is 12.4. The average molecular weight is 305 g/mol. The highest BCUT2D eigenvalue weighted by Crippen LogP contribution is 2.19. The molecule has 1 fully saturated rings. The van der Waals surface area contributed by atoms with E-state index in [2.05, 4.69) is 15.4 Å². The van der Waals surface area contributed by atoms with Crippen LogP contribution in [0, 0.1) is 0 Å². The highest BCUT2D eigenvalue weighted by Gasteiger charge is 2.33. The maximum atomic E-state index is 12.3. The number of carbonyl (C=O) groups excluding carboxylic acids is 3. The Morgan fingerprint density at radius 1 is 1.27 bits per heavy atom. The molecule has 0 bridgehead atoms. The molecule has 1 saturated heterocycles. The van der Waals surface area contributed by atoms with E-state index in [0.717, 1.165) is 6.42 Å². The van der Waals surface area contributed by atoms with E-state index in [1.54, 1.807) is 12.1 Å². The van der Waals surface area contributed by atoms with Crippen molar-refractivity contribution in [2.45, 2.75) is 18.9 Å².